The van der Waals surface area contributed by atoms with Gasteiger partial charge in [0, 0.05) is 24.2 Å². The van der Waals surface area contributed by atoms with E-state index in [1.54, 1.807) is 12.1 Å². The second-order valence-corrected chi connectivity index (χ2v) is 4.99. The van der Waals surface area contributed by atoms with Gasteiger partial charge in [-0.15, -0.1) is 0 Å². The molecule has 1 amide bonds. The summed E-state index contributed by atoms with van der Waals surface area (Å²) < 4.78 is 38.5. The van der Waals surface area contributed by atoms with Gasteiger partial charge >= 0.3 is 6.18 Å². The molecule has 1 heterocycles. The Morgan fingerprint density at radius 3 is 2.30 bits per heavy atom. The molecule has 0 aliphatic rings. The first-order valence-corrected chi connectivity index (χ1v) is 6.71. The molecule has 0 radical (unpaired) electrons. The number of nitrogens with zero attached hydrogens (tertiary/aromatic N) is 2. The van der Waals surface area contributed by atoms with Gasteiger partial charge in [-0.3, -0.25) is 9.59 Å². The average molecular weight is 325 g/mol. The summed E-state index contributed by atoms with van der Waals surface area (Å²) in [4.78, 5) is 23.1. The van der Waals surface area contributed by atoms with Crippen molar-refractivity contribution in [1.82, 2.24) is 15.1 Å². The van der Waals surface area contributed by atoms with Crippen LogP contribution >= 0.6 is 0 Å². The number of carbonyl (C=O) groups excluding carboxylic acids is 1. The van der Waals surface area contributed by atoms with Gasteiger partial charge in [-0.2, -0.15) is 18.3 Å². The van der Waals surface area contributed by atoms with Gasteiger partial charge < -0.3 is 5.32 Å². The van der Waals surface area contributed by atoms with Crippen molar-refractivity contribution in [3.05, 3.63) is 52.3 Å². The molecule has 0 aliphatic carbocycles. The number of hydrogen-bond donors (Lipinski definition) is 1. The predicted octanol–water partition coefficient (Wildman–Crippen LogP) is 2.13. The minimum absolute atomic E-state index is 0.106. The number of aryl methyl sites for hydroxylation is 1. The highest BCUT2D eigenvalue weighted by atomic mass is 19.4. The summed E-state index contributed by atoms with van der Waals surface area (Å²) in [7, 11) is 1.51. The Labute approximate surface area is 129 Å². The van der Waals surface area contributed by atoms with Crippen LogP contribution in [0.1, 0.15) is 17.3 Å². The van der Waals surface area contributed by atoms with E-state index in [2.05, 4.69) is 5.10 Å². The summed E-state index contributed by atoms with van der Waals surface area (Å²) in [5.74, 6) is -0.810. The lowest BCUT2D eigenvalue weighted by Gasteiger charge is -2.17. The highest BCUT2D eigenvalue weighted by Gasteiger charge is 2.37. The Kier molecular flexibility index (Phi) is 4.53. The summed E-state index contributed by atoms with van der Waals surface area (Å²) in [6.07, 6.45) is -4.49. The number of amides is 1. The Morgan fingerprint density at radius 1 is 1.17 bits per heavy atom. The van der Waals surface area contributed by atoms with Crippen LogP contribution in [0.25, 0.3) is 11.3 Å². The molecule has 0 bridgehead atoms. The number of carbonyl (C=O) groups is 1. The summed E-state index contributed by atoms with van der Waals surface area (Å²) in [5.41, 5.74) is 1.00. The molecule has 2 aromatic rings. The van der Waals surface area contributed by atoms with Crippen LogP contribution in [-0.4, -0.2) is 27.9 Å². The second kappa shape index (κ2) is 6.23. The molecule has 5 nitrogen and oxygen atoms in total. The molecule has 1 N–H and O–H groups in total. The second-order valence-electron chi connectivity index (χ2n) is 4.99. The third-order valence-electron chi connectivity index (χ3n) is 3.24. The first kappa shape index (κ1) is 16.7. The van der Waals surface area contributed by atoms with Crippen LogP contribution in [-0.2, 0) is 7.05 Å². The van der Waals surface area contributed by atoms with Crippen molar-refractivity contribution in [1.29, 1.82) is 0 Å². The van der Waals surface area contributed by atoms with Crippen LogP contribution in [0.15, 0.2) is 41.2 Å². The molecule has 1 aromatic heterocycles. The molecule has 8 heteroatoms. The molecule has 0 saturated carbocycles. The number of halogens is 3. The predicted molar refractivity (Wildman–Crippen MR) is 77.9 cm³/mol. The van der Waals surface area contributed by atoms with E-state index in [1.165, 1.54) is 36.0 Å². The van der Waals surface area contributed by atoms with E-state index in [0.29, 0.717) is 11.3 Å². The van der Waals surface area contributed by atoms with Crippen LogP contribution in [0.5, 0.6) is 0 Å². The molecule has 122 valence electrons. The van der Waals surface area contributed by atoms with Gasteiger partial charge in [0.05, 0.1) is 5.69 Å². The standard InChI is InChI=1S/C15H14F3N3O2/c1-9(15(16,17)18)19-14(23)11-5-3-10(4-6-11)12-7-8-13(22)21(2)20-12/h3-9H,1-2H3,(H,19,23). The number of rotatable bonds is 3. The summed E-state index contributed by atoms with van der Waals surface area (Å²) >= 11 is 0. The average Bonchev–Trinajstić information content (AvgIpc) is 2.49. The number of aromatic nitrogens is 2. The molecular formula is C15H14F3N3O2. The molecule has 1 aromatic carbocycles. The molecule has 0 saturated heterocycles. The maximum Gasteiger partial charge on any atom is 0.408 e. The normalized spacial score (nSPS) is 12.7. The molecule has 1 atom stereocenters. The van der Waals surface area contributed by atoms with E-state index >= 15 is 0 Å². The quantitative estimate of drug-likeness (QED) is 0.940. The maximum atomic E-state index is 12.4. The van der Waals surface area contributed by atoms with E-state index in [0.717, 1.165) is 6.92 Å². The summed E-state index contributed by atoms with van der Waals surface area (Å²) in [6, 6.07) is 6.87. The van der Waals surface area contributed by atoms with Crippen LogP contribution in [0.4, 0.5) is 13.2 Å². The van der Waals surface area contributed by atoms with Crippen LogP contribution in [0.2, 0.25) is 0 Å². The monoisotopic (exact) mass is 325 g/mol. The Morgan fingerprint density at radius 2 is 1.78 bits per heavy atom. The smallest absolute Gasteiger partial charge is 0.341 e. The molecular weight excluding hydrogens is 311 g/mol. The summed E-state index contributed by atoms with van der Waals surface area (Å²) in [5, 5.41) is 5.94. The molecule has 0 fully saturated rings. The van der Waals surface area contributed by atoms with E-state index in [-0.39, 0.29) is 11.1 Å². The largest absolute Gasteiger partial charge is 0.408 e. The first-order valence-electron chi connectivity index (χ1n) is 6.71. The Balaban J connectivity index is 2.17. The van der Waals surface area contributed by atoms with Crippen LogP contribution < -0.4 is 10.9 Å². The van der Waals surface area contributed by atoms with E-state index in [9.17, 15) is 22.8 Å². The van der Waals surface area contributed by atoms with Crippen molar-refractivity contribution in [2.24, 2.45) is 7.05 Å². The van der Waals surface area contributed by atoms with E-state index in [4.69, 9.17) is 0 Å². The number of benzene rings is 1. The first-order chi connectivity index (χ1) is 10.7. The molecule has 2 rings (SSSR count). The highest BCUT2D eigenvalue weighted by Crippen LogP contribution is 2.20. The van der Waals surface area contributed by atoms with Crippen molar-refractivity contribution >= 4 is 5.91 Å². The minimum Gasteiger partial charge on any atom is -0.341 e. The van der Waals surface area contributed by atoms with Gasteiger partial charge in [0.2, 0.25) is 0 Å². The zero-order chi connectivity index (χ0) is 17.2. The fraction of sp³-hybridized carbons (Fsp3) is 0.267. The number of alkyl halides is 3. The zero-order valence-corrected chi connectivity index (χ0v) is 12.4. The lowest BCUT2D eigenvalue weighted by molar-refractivity contribution is -0.149. The van der Waals surface area contributed by atoms with Gasteiger partial charge in [0.15, 0.2) is 0 Å². The molecule has 0 spiro atoms. The van der Waals surface area contributed by atoms with E-state index < -0.39 is 18.1 Å². The van der Waals surface area contributed by atoms with Gasteiger partial charge in [-0.05, 0) is 25.1 Å². The number of hydrogen-bond acceptors (Lipinski definition) is 3. The Bertz CT molecular complexity index is 767. The molecule has 1 unspecified atom stereocenters. The molecule has 23 heavy (non-hydrogen) atoms. The van der Waals surface area contributed by atoms with E-state index in [1.807, 2.05) is 5.32 Å². The SMILES string of the molecule is CC(NC(=O)c1ccc(-c2ccc(=O)n(C)n2)cc1)C(F)(F)F. The summed E-state index contributed by atoms with van der Waals surface area (Å²) in [6.45, 7) is 0.876. The van der Waals surface area contributed by atoms with Crippen molar-refractivity contribution in [3.63, 3.8) is 0 Å². The van der Waals surface area contributed by atoms with Crippen LogP contribution in [0.3, 0.4) is 0 Å². The fourth-order valence-corrected chi connectivity index (χ4v) is 1.81. The van der Waals surface area contributed by atoms with Crippen molar-refractivity contribution in [2.75, 3.05) is 0 Å². The van der Waals surface area contributed by atoms with Gasteiger partial charge in [0.1, 0.15) is 6.04 Å². The van der Waals surface area contributed by atoms with Gasteiger partial charge in [0.25, 0.3) is 11.5 Å². The third kappa shape index (κ3) is 3.97. The van der Waals surface area contributed by atoms with Crippen molar-refractivity contribution < 1.29 is 18.0 Å². The third-order valence-corrected chi connectivity index (χ3v) is 3.24. The topological polar surface area (TPSA) is 64.0 Å². The van der Waals surface area contributed by atoms with Crippen molar-refractivity contribution in [3.8, 4) is 11.3 Å². The fourth-order valence-electron chi connectivity index (χ4n) is 1.81. The number of nitrogens with one attached hydrogen (secondary N) is 1. The molecule has 0 aliphatic heterocycles. The lowest BCUT2D eigenvalue weighted by Crippen LogP contribution is -2.43. The Hall–Kier alpha value is -2.64. The van der Waals surface area contributed by atoms with Crippen LogP contribution in [0, 0.1) is 0 Å². The maximum absolute atomic E-state index is 12.4. The zero-order valence-electron chi connectivity index (χ0n) is 12.4. The van der Waals surface area contributed by atoms with Gasteiger partial charge in [-0.25, -0.2) is 4.68 Å². The minimum atomic E-state index is -4.49. The lowest BCUT2D eigenvalue weighted by atomic mass is 10.1. The van der Waals surface area contributed by atoms with Gasteiger partial charge in [-0.1, -0.05) is 12.1 Å². The highest BCUT2D eigenvalue weighted by molar-refractivity contribution is 5.94. The van der Waals surface area contributed by atoms with Crippen molar-refractivity contribution in [2.45, 2.75) is 19.1 Å².